The second kappa shape index (κ2) is 5.65. The molecule has 1 aliphatic heterocycles. The lowest BCUT2D eigenvalue weighted by Gasteiger charge is -2.28. The van der Waals surface area contributed by atoms with Crippen molar-refractivity contribution in [2.75, 3.05) is 25.0 Å². The number of aromatic nitrogens is 2. The standard InChI is InChI=1S/C12H19ClN4/c1-9-7-11(16-12(13)15-9)17(2)8-10-5-3-4-6-14-10/h7,10,14H,3-6,8H2,1-2H3. The van der Waals surface area contributed by atoms with Crippen molar-refractivity contribution in [3.8, 4) is 0 Å². The molecule has 4 nitrogen and oxygen atoms in total. The molecule has 0 aromatic carbocycles. The van der Waals surface area contributed by atoms with Gasteiger partial charge in [-0.25, -0.2) is 9.97 Å². The van der Waals surface area contributed by atoms with Crippen LogP contribution in [0.4, 0.5) is 5.82 Å². The van der Waals surface area contributed by atoms with Crippen molar-refractivity contribution >= 4 is 17.4 Å². The van der Waals surface area contributed by atoms with E-state index in [2.05, 4.69) is 20.2 Å². The van der Waals surface area contributed by atoms with Gasteiger partial charge < -0.3 is 10.2 Å². The molecule has 5 heteroatoms. The summed E-state index contributed by atoms with van der Waals surface area (Å²) in [4.78, 5) is 10.5. The zero-order chi connectivity index (χ0) is 12.3. The van der Waals surface area contributed by atoms with Crippen LogP contribution in [0.1, 0.15) is 25.0 Å². The molecule has 1 aromatic rings. The van der Waals surface area contributed by atoms with Gasteiger partial charge in [0.25, 0.3) is 0 Å². The van der Waals surface area contributed by atoms with E-state index in [9.17, 15) is 0 Å². The molecule has 1 unspecified atom stereocenters. The predicted molar refractivity (Wildman–Crippen MR) is 70.7 cm³/mol. The fourth-order valence-corrected chi connectivity index (χ4v) is 2.44. The molecular formula is C12H19ClN4. The molecule has 0 amide bonds. The van der Waals surface area contributed by atoms with E-state index in [1.165, 1.54) is 19.3 Å². The molecule has 0 saturated carbocycles. The minimum absolute atomic E-state index is 0.323. The van der Waals surface area contributed by atoms with Gasteiger partial charge in [0.1, 0.15) is 5.82 Å². The van der Waals surface area contributed by atoms with Crippen LogP contribution in [-0.2, 0) is 0 Å². The number of likely N-dealkylation sites (N-methyl/N-ethyl adjacent to an activating group) is 1. The quantitative estimate of drug-likeness (QED) is 0.838. The van der Waals surface area contributed by atoms with Crippen molar-refractivity contribution in [1.82, 2.24) is 15.3 Å². The predicted octanol–water partition coefficient (Wildman–Crippen LogP) is 2.02. The molecule has 0 bridgehead atoms. The molecule has 1 saturated heterocycles. The van der Waals surface area contributed by atoms with E-state index in [0.29, 0.717) is 11.3 Å². The van der Waals surface area contributed by atoms with Gasteiger partial charge >= 0.3 is 0 Å². The molecule has 2 heterocycles. The SMILES string of the molecule is Cc1cc(N(C)CC2CCCCN2)nc(Cl)n1. The summed E-state index contributed by atoms with van der Waals surface area (Å²) in [5, 5.41) is 3.85. The van der Waals surface area contributed by atoms with E-state index in [4.69, 9.17) is 11.6 Å². The summed E-state index contributed by atoms with van der Waals surface area (Å²) < 4.78 is 0. The van der Waals surface area contributed by atoms with Crippen LogP contribution in [0.5, 0.6) is 0 Å². The summed E-state index contributed by atoms with van der Waals surface area (Å²) in [5.74, 6) is 0.898. The first kappa shape index (κ1) is 12.6. The molecule has 1 atom stereocenters. The largest absolute Gasteiger partial charge is 0.358 e. The third-order valence-electron chi connectivity index (χ3n) is 3.11. The van der Waals surface area contributed by atoms with Crippen molar-refractivity contribution in [1.29, 1.82) is 0 Å². The van der Waals surface area contributed by atoms with E-state index < -0.39 is 0 Å². The van der Waals surface area contributed by atoms with Gasteiger partial charge in [0.15, 0.2) is 0 Å². The van der Waals surface area contributed by atoms with Gasteiger partial charge in [0.2, 0.25) is 5.28 Å². The fourth-order valence-electron chi connectivity index (χ4n) is 2.22. The Morgan fingerprint density at radius 3 is 2.94 bits per heavy atom. The highest BCUT2D eigenvalue weighted by Crippen LogP contribution is 2.15. The molecule has 94 valence electrons. The maximum Gasteiger partial charge on any atom is 0.224 e. The number of nitrogens with one attached hydrogen (secondary N) is 1. The molecule has 2 rings (SSSR count). The molecule has 1 aromatic heterocycles. The molecule has 0 aliphatic carbocycles. The number of halogens is 1. The Morgan fingerprint density at radius 2 is 2.29 bits per heavy atom. The topological polar surface area (TPSA) is 41.0 Å². The maximum atomic E-state index is 5.87. The number of nitrogens with zero attached hydrogens (tertiary/aromatic N) is 3. The van der Waals surface area contributed by atoms with E-state index in [0.717, 1.165) is 24.6 Å². The zero-order valence-corrected chi connectivity index (χ0v) is 11.2. The first-order valence-electron chi connectivity index (χ1n) is 6.11. The van der Waals surface area contributed by atoms with Crippen molar-refractivity contribution < 1.29 is 0 Å². The number of aryl methyl sites for hydroxylation is 1. The Morgan fingerprint density at radius 1 is 1.47 bits per heavy atom. The van der Waals surface area contributed by atoms with Gasteiger partial charge in [-0.3, -0.25) is 0 Å². The van der Waals surface area contributed by atoms with Gasteiger partial charge in [0.05, 0.1) is 0 Å². The first-order valence-corrected chi connectivity index (χ1v) is 6.48. The minimum Gasteiger partial charge on any atom is -0.358 e. The zero-order valence-electron chi connectivity index (χ0n) is 10.4. The average Bonchev–Trinajstić information content (AvgIpc) is 2.29. The minimum atomic E-state index is 0.323. The van der Waals surface area contributed by atoms with E-state index in [1.807, 2.05) is 20.0 Å². The van der Waals surface area contributed by atoms with Gasteiger partial charge in [-0.15, -0.1) is 0 Å². The number of rotatable bonds is 3. The molecule has 1 fully saturated rings. The van der Waals surface area contributed by atoms with Crippen molar-refractivity contribution in [2.45, 2.75) is 32.2 Å². The van der Waals surface area contributed by atoms with Crippen LogP contribution in [0, 0.1) is 6.92 Å². The third-order valence-corrected chi connectivity index (χ3v) is 3.28. The van der Waals surface area contributed by atoms with Crippen LogP contribution >= 0.6 is 11.6 Å². The maximum absolute atomic E-state index is 5.87. The van der Waals surface area contributed by atoms with E-state index >= 15 is 0 Å². The summed E-state index contributed by atoms with van der Waals surface area (Å²) >= 11 is 5.87. The molecule has 0 spiro atoms. The van der Waals surface area contributed by atoms with Crippen LogP contribution in [0.25, 0.3) is 0 Å². The Hall–Kier alpha value is -0.870. The highest BCUT2D eigenvalue weighted by molar-refractivity contribution is 6.28. The summed E-state index contributed by atoms with van der Waals surface area (Å²) in [7, 11) is 2.05. The lowest BCUT2D eigenvalue weighted by molar-refractivity contribution is 0.403. The summed E-state index contributed by atoms with van der Waals surface area (Å²) in [6.45, 7) is 4.03. The van der Waals surface area contributed by atoms with Gasteiger partial charge in [0, 0.05) is 31.4 Å². The van der Waals surface area contributed by atoms with Crippen LogP contribution in [0.15, 0.2) is 6.07 Å². The van der Waals surface area contributed by atoms with Gasteiger partial charge in [-0.05, 0) is 37.9 Å². The second-order valence-electron chi connectivity index (χ2n) is 4.66. The Labute approximate surface area is 107 Å². The second-order valence-corrected chi connectivity index (χ2v) is 5.00. The fraction of sp³-hybridized carbons (Fsp3) is 0.667. The lowest BCUT2D eigenvalue weighted by atomic mass is 10.0. The number of hydrogen-bond donors (Lipinski definition) is 1. The highest BCUT2D eigenvalue weighted by atomic mass is 35.5. The highest BCUT2D eigenvalue weighted by Gasteiger charge is 2.15. The molecular weight excluding hydrogens is 236 g/mol. The van der Waals surface area contributed by atoms with Crippen molar-refractivity contribution in [3.63, 3.8) is 0 Å². The Balaban J connectivity index is 2.00. The average molecular weight is 255 g/mol. The van der Waals surface area contributed by atoms with Crippen molar-refractivity contribution in [2.24, 2.45) is 0 Å². The lowest BCUT2D eigenvalue weighted by Crippen LogP contribution is -2.42. The molecule has 0 radical (unpaired) electrons. The third kappa shape index (κ3) is 3.54. The monoisotopic (exact) mass is 254 g/mol. The summed E-state index contributed by atoms with van der Waals surface area (Å²) in [6, 6.07) is 2.53. The Kier molecular flexibility index (Phi) is 4.18. The van der Waals surface area contributed by atoms with Crippen LogP contribution in [0.2, 0.25) is 5.28 Å². The smallest absolute Gasteiger partial charge is 0.224 e. The molecule has 17 heavy (non-hydrogen) atoms. The normalized spacial score (nSPS) is 20.3. The van der Waals surface area contributed by atoms with E-state index in [1.54, 1.807) is 0 Å². The van der Waals surface area contributed by atoms with Gasteiger partial charge in [-0.1, -0.05) is 6.42 Å². The summed E-state index contributed by atoms with van der Waals surface area (Å²) in [5.41, 5.74) is 0.906. The van der Waals surface area contributed by atoms with Crippen LogP contribution < -0.4 is 10.2 Å². The van der Waals surface area contributed by atoms with Gasteiger partial charge in [-0.2, -0.15) is 0 Å². The number of hydrogen-bond acceptors (Lipinski definition) is 4. The van der Waals surface area contributed by atoms with Crippen LogP contribution in [-0.4, -0.2) is 36.1 Å². The first-order chi connectivity index (χ1) is 8.15. The molecule has 1 aliphatic rings. The van der Waals surface area contributed by atoms with Crippen LogP contribution in [0.3, 0.4) is 0 Å². The molecule has 1 N–H and O–H groups in total. The number of piperidine rings is 1. The van der Waals surface area contributed by atoms with E-state index in [-0.39, 0.29) is 0 Å². The van der Waals surface area contributed by atoms with Crippen molar-refractivity contribution in [3.05, 3.63) is 17.0 Å². The number of anilines is 1. The summed E-state index contributed by atoms with van der Waals surface area (Å²) in [6.07, 6.45) is 3.84. The Bertz CT molecular complexity index is 357.